The zero-order valence-corrected chi connectivity index (χ0v) is 18.6. The van der Waals surface area contributed by atoms with Gasteiger partial charge in [0.2, 0.25) is 5.78 Å². The second kappa shape index (κ2) is 7.90. The van der Waals surface area contributed by atoms with Crippen LogP contribution in [0.1, 0.15) is 33.4 Å². The van der Waals surface area contributed by atoms with E-state index in [1.807, 2.05) is 32.0 Å². The van der Waals surface area contributed by atoms with Gasteiger partial charge < -0.3 is 9.52 Å². The van der Waals surface area contributed by atoms with Gasteiger partial charge in [-0.25, -0.2) is 0 Å². The molecule has 164 valence electrons. The number of rotatable bonds is 4. The maximum Gasteiger partial charge on any atom is 0.294 e. The molecular formula is C26H19ClN2O4. The molecule has 0 radical (unpaired) electrons. The number of aliphatic hydroxyl groups excluding tert-OH is 1. The van der Waals surface area contributed by atoms with E-state index in [4.69, 9.17) is 16.0 Å². The van der Waals surface area contributed by atoms with Crippen LogP contribution in [0.15, 0.2) is 82.6 Å². The summed E-state index contributed by atoms with van der Waals surface area (Å²) in [5.74, 6) is -1.86. The van der Waals surface area contributed by atoms with Crippen LogP contribution in [0.25, 0.3) is 11.0 Å². The molecule has 1 atom stereocenters. The molecular weight excluding hydrogens is 440 g/mol. The number of aromatic nitrogens is 1. The highest BCUT2D eigenvalue weighted by atomic mass is 35.5. The van der Waals surface area contributed by atoms with E-state index >= 15 is 0 Å². The SMILES string of the molecule is Cc1ccc(C)c(N2C(=O)C(O)=C(C(=O)c3cc4cc(Cl)ccc4o3)C2c2ccccn2)c1. The third kappa shape index (κ3) is 3.49. The van der Waals surface area contributed by atoms with Crippen LogP contribution >= 0.6 is 11.6 Å². The lowest BCUT2D eigenvalue weighted by Gasteiger charge is -2.27. The van der Waals surface area contributed by atoms with E-state index < -0.39 is 23.5 Å². The number of anilines is 1. The van der Waals surface area contributed by atoms with Crippen LogP contribution in [0.4, 0.5) is 5.69 Å². The number of furan rings is 1. The van der Waals surface area contributed by atoms with Gasteiger partial charge in [-0.1, -0.05) is 29.8 Å². The smallest absolute Gasteiger partial charge is 0.294 e. The lowest BCUT2D eigenvalue weighted by Crippen LogP contribution is -2.32. The number of aliphatic hydroxyl groups is 1. The number of ketones is 1. The molecule has 1 aliphatic heterocycles. The largest absolute Gasteiger partial charge is 0.503 e. The van der Waals surface area contributed by atoms with Gasteiger partial charge in [0.15, 0.2) is 11.5 Å². The predicted octanol–water partition coefficient (Wildman–Crippen LogP) is 5.88. The third-order valence-electron chi connectivity index (χ3n) is 5.75. The van der Waals surface area contributed by atoms with Crippen LogP contribution in [0.3, 0.4) is 0 Å². The number of nitrogens with zero attached hydrogens (tertiary/aromatic N) is 2. The molecule has 1 aliphatic rings. The highest BCUT2D eigenvalue weighted by molar-refractivity contribution is 6.31. The summed E-state index contributed by atoms with van der Waals surface area (Å²) in [6.07, 6.45) is 1.59. The minimum Gasteiger partial charge on any atom is -0.503 e. The van der Waals surface area contributed by atoms with Crippen molar-refractivity contribution in [1.29, 1.82) is 0 Å². The van der Waals surface area contributed by atoms with Crippen LogP contribution in [0.2, 0.25) is 5.02 Å². The third-order valence-corrected chi connectivity index (χ3v) is 5.98. The van der Waals surface area contributed by atoms with Crippen LogP contribution in [-0.4, -0.2) is 21.8 Å². The van der Waals surface area contributed by atoms with Gasteiger partial charge in [0, 0.05) is 22.3 Å². The van der Waals surface area contributed by atoms with Crippen molar-refractivity contribution in [3.63, 3.8) is 0 Å². The van der Waals surface area contributed by atoms with Crippen LogP contribution in [0, 0.1) is 13.8 Å². The number of benzene rings is 2. The first-order chi connectivity index (χ1) is 15.8. The van der Waals surface area contributed by atoms with Gasteiger partial charge in [-0.2, -0.15) is 0 Å². The molecule has 33 heavy (non-hydrogen) atoms. The molecule has 1 amide bonds. The summed E-state index contributed by atoms with van der Waals surface area (Å²) in [6.45, 7) is 3.79. The van der Waals surface area contributed by atoms with E-state index in [1.54, 1.807) is 48.7 Å². The van der Waals surface area contributed by atoms with Crippen molar-refractivity contribution in [3.8, 4) is 0 Å². The maximum atomic E-state index is 13.6. The topological polar surface area (TPSA) is 83.6 Å². The minimum atomic E-state index is -0.913. The zero-order valence-electron chi connectivity index (χ0n) is 17.9. The van der Waals surface area contributed by atoms with Crippen molar-refractivity contribution in [2.75, 3.05) is 4.90 Å². The van der Waals surface area contributed by atoms with Gasteiger partial charge in [-0.15, -0.1) is 0 Å². The van der Waals surface area contributed by atoms with Crippen molar-refractivity contribution in [2.45, 2.75) is 19.9 Å². The van der Waals surface area contributed by atoms with E-state index in [9.17, 15) is 14.7 Å². The predicted molar refractivity (Wildman–Crippen MR) is 126 cm³/mol. The molecule has 0 saturated heterocycles. The number of Topliss-reactive ketones (excluding diaryl/α,β-unsaturated/α-hetero) is 1. The highest BCUT2D eigenvalue weighted by Gasteiger charge is 2.46. The highest BCUT2D eigenvalue weighted by Crippen LogP contribution is 2.43. The fraction of sp³-hybridized carbons (Fsp3) is 0.115. The quantitative estimate of drug-likeness (QED) is 0.386. The van der Waals surface area contributed by atoms with Crippen molar-refractivity contribution in [3.05, 3.63) is 106 Å². The van der Waals surface area contributed by atoms with Gasteiger partial charge in [-0.3, -0.25) is 19.5 Å². The molecule has 0 saturated carbocycles. The van der Waals surface area contributed by atoms with E-state index in [1.165, 1.54) is 4.90 Å². The van der Waals surface area contributed by atoms with Gasteiger partial charge in [0.05, 0.1) is 11.3 Å². The average Bonchev–Trinajstić information content (AvgIpc) is 3.34. The van der Waals surface area contributed by atoms with Crippen molar-refractivity contribution in [2.24, 2.45) is 0 Å². The molecule has 2 aromatic carbocycles. The van der Waals surface area contributed by atoms with Gasteiger partial charge >= 0.3 is 0 Å². The first-order valence-corrected chi connectivity index (χ1v) is 10.7. The molecule has 3 heterocycles. The molecule has 0 fully saturated rings. The monoisotopic (exact) mass is 458 g/mol. The Morgan fingerprint density at radius 2 is 1.91 bits per heavy atom. The van der Waals surface area contributed by atoms with Gasteiger partial charge in [0.1, 0.15) is 11.6 Å². The molecule has 1 unspecified atom stereocenters. The lowest BCUT2D eigenvalue weighted by atomic mass is 9.97. The molecule has 1 N–H and O–H groups in total. The number of hydrogen-bond donors (Lipinski definition) is 1. The number of hydrogen-bond acceptors (Lipinski definition) is 5. The van der Waals surface area contributed by atoms with Crippen LogP contribution < -0.4 is 4.90 Å². The number of amides is 1. The summed E-state index contributed by atoms with van der Waals surface area (Å²) in [4.78, 5) is 32.7. The Balaban J connectivity index is 1.68. The minimum absolute atomic E-state index is 0.00496. The Labute approximate surface area is 194 Å². The fourth-order valence-corrected chi connectivity index (χ4v) is 4.32. The van der Waals surface area contributed by atoms with E-state index in [2.05, 4.69) is 4.98 Å². The van der Waals surface area contributed by atoms with E-state index in [0.717, 1.165) is 11.1 Å². The molecule has 7 heteroatoms. The lowest BCUT2D eigenvalue weighted by molar-refractivity contribution is -0.117. The molecule has 2 aromatic heterocycles. The maximum absolute atomic E-state index is 13.6. The summed E-state index contributed by atoms with van der Waals surface area (Å²) < 4.78 is 5.75. The number of halogens is 1. The van der Waals surface area contributed by atoms with E-state index in [0.29, 0.717) is 27.4 Å². The first kappa shape index (κ1) is 21.0. The van der Waals surface area contributed by atoms with Gasteiger partial charge in [0.25, 0.3) is 5.91 Å². The molecule has 0 spiro atoms. The number of carbonyl (C=O) groups is 2. The molecule has 0 bridgehead atoms. The summed E-state index contributed by atoms with van der Waals surface area (Å²) in [5, 5.41) is 12.1. The summed E-state index contributed by atoms with van der Waals surface area (Å²) in [5.41, 5.74) is 3.23. The average molecular weight is 459 g/mol. The Hall–Kier alpha value is -3.90. The van der Waals surface area contributed by atoms with Gasteiger partial charge in [-0.05, 0) is 67.4 Å². The Morgan fingerprint density at radius 3 is 2.67 bits per heavy atom. The molecule has 6 nitrogen and oxygen atoms in total. The van der Waals surface area contributed by atoms with Crippen molar-refractivity contribution in [1.82, 2.24) is 4.98 Å². The van der Waals surface area contributed by atoms with E-state index in [-0.39, 0.29) is 11.3 Å². The second-order valence-electron chi connectivity index (χ2n) is 8.01. The number of aryl methyl sites for hydroxylation is 2. The second-order valence-corrected chi connectivity index (χ2v) is 8.44. The van der Waals surface area contributed by atoms with Crippen LogP contribution in [0.5, 0.6) is 0 Å². The molecule has 5 rings (SSSR count). The summed E-state index contributed by atoms with van der Waals surface area (Å²) in [6, 6.07) is 16.6. The zero-order chi connectivity index (χ0) is 23.3. The van der Waals surface area contributed by atoms with Crippen LogP contribution in [-0.2, 0) is 4.79 Å². The Bertz CT molecular complexity index is 1460. The summed E-state index contributed by atoms with van der Waals surface area (Å²) in [7, 11) is 0. The fourth-order valence-electron chi connectivity index (χ4n) is 4.14. The standard InChI is InChI=1S/C26H19ClN2O4/c1-14-6-7-15(2)19(11-14)29-23(18-5-3-4-10-28-18)22(25(31)26(29)32)24(30)21-13-16-12-17(27)8-9-20(16)33-21/h3-13,23,31H,1-2H3. The Kier molecular flexibility index (Phi) is 5.02. The molecule has 0 aliphatic carbocycles. The normalized spacial score (nSPS) is 16.2. The van der Waals surface area contributed by atoms with Crippen molar-refractivity contribution < 1.29 is 19.1 Å². The Morgan fingerprint density at radius 1 is 1.09 bits per heavy atom. The van der Waals surface area contributed by atoms with Crippen molar-refractivity contribution >= 4 is 39.9 Å². The summed E-state index contributed by atoms with van der Waals surface area (Å²) >= 11 is 6.06. The first-order valence-electron chi connectivity index (χ1n) is 10.3. The number of pyridine rings is 1. The number of carbonyl (C=O) groups excluding carboxylic acids is 2. The molecule has 4 aromatic rings. The number of fused-ring (bicyclic) bond motifs is 1.